The first-order chi connectivity index (χ1) is 8.97. The van der Waals surface area contributed by atoms with Crippen molar-refractivity contribution in [1.29, 1.82) is 0 Å². The average molecular weight is 312 g/mol. The summed E-state index contributed by atoms with van der Waals surface area (Å²) >= 11 is 5.68. The molecule has 1 aromatic rings. The third kappa shape index (κ3) is 5.42. The lowest BCUT2D eigenvalue weighted by Gasteiger charge is -2.08. The van der Waals surface area contributed by atoms with Crippen molar-refractivity contribution in [2.45, 2.75) is 11.3 Å². The van der Waals surface area contributed by atoms with Gasteiger partial charge >= 0.3 is 0 Å². The molecule has 0 saturated heterocycles. The predicted octanol–water partition coefficient (Wildman–Crippen LogP) is 1.16. The number of nitrogens with one attached hydrogen (secondary N) is 1. The van der Waals surface area contributed by atoms with E-state index in [0.717, 1.165) is 18.2 Å². The summed E-state index contributed by atoms with van der Waals surface area (Å²) in [5.74, 6) is -0.596. The van der Waals surface area contributed by atoms with Crippen LogP contribution in [0.3, 0.4) is 0 Å². The van der Waals surface area contributed by atoms with Crippen molar-refractivity contribution in [1.82, 2.24) is 4.72 Å². The molecule has 0 unspecified atom stereocenters. The second kappa shape index (κ2) is 7.76. The largest absolute Gasteiger partial charge is 0.394 e. The molecule has 0 fully saturated rings. The fraction of sp³-hybridized carbons (Fsp3) is 0.455. The van der Waals surface area contributed by atoms with Gasteiger partial charge in [-0.05, 0) is 24.6 Å². The highest BCUT2D eigenvalue weighted by Gasteiger charge is 2.17. The number of aliphatic hydroxyl groups is 1. The van der Waals surface area contributed by atoms with Crippen LogP contribution >= 0.6 is 11.6 Å². The number of ether oxygens (including phenoxy) is 1. The number of benzene rings is 1. The minimum absolute atomic E-state index is 0.0725. The first kappa shape index (κ1) is 16.3. The van der Waals surface area contributed by atoms with E-state index < -0.39 is 15.8 Å². The zero-order valence-electron chi connectivity index (χ0n) is 10.1. The Labute approximate surface area is 116 Å². The molecule has 1 rings (SSSR count). The van der Waals surface area contributed by atoms with E-state index in [2.05, 4.69) is 4.72 Å². The highest BCUT2D eigenvalue weighted by atomic mass is 35.5. The minimum atomic E-state index is -3.75. The van der Waals surface area contributed by atoms with Gasteiger partial charge in [0.15, 0.2) is 0 Å². The maximum atomic E-state index is 12.8. The van der Waals surface area contributed by atoms with E-state index in [4.69, 9.17) is 21.4 Å². The first-order valence-corrected chi connectivity index (χ1v) is 7.47. The smallest absolute Gasteiger partial charge is 0.242 e. The van der Waals surface area contributed by atoms with Gasteiger partial charge in [0.25, 0.3) is 0 Å². The summed E-state index contributed by atoms with van der Waals surface area (Å²) in [5, 5.41) is 8.31. The number of sulfonamides is 1. The molecule has 1 aromatic carbocycles. The number of aliphatic hydroxyl groups excluding tert-OH is 1. The van der Waals surface area contributed by atoms with Crippen LogP contribution in [-0.2, 0) is 14.8 Å². The summed E-state index contributed by atoms with van der Waals surface area (Å²) < 4.78 is 43.9. The summed E-state index contributed by atoms with van der Waals surface area (Å²) in [6.45, 7) is 0.648. The molecular weight excluding hydrogens is 297 g/mol. The molecule has 0 bridgehead atoms. The molecule has 0 heterocycles. The van der Waals surface area contributed by atoms with Crippen LogP contribution < -0.4 is 4.72 Å². The first-order valence-electron chi connectivity index (χ1n) is 5.60. The third-order valence-corrected chi connectivity index (χ3v) is 4.12. The molecule has 0 aliphatic heterocycles. The molecule has 8 heteroatoms. The van der Waals surface area contributed by atoms with Crippen LogP contribution in [0.1, 0.15) is 6.42 Å². The van der Waals surface area contributed by atoms with Crippen LogP contribution in [0, 0.1) is 5.82 Å². The van der Waals surface area contributed by atoms with Crippen LogP contribution in [0.25, 0.3) is 0 Å². The molecule has 0 aliphatic rings. The second-order valence-electron chi connectivity index (χ2n) is 3.66. The molecule has 0 atom stereocenters. The van der Waals surface area contributed by atoms with E-state index in [9.17, 15) is 12.8 Å². The van der Waals surface area contributed by atoms with Gasteiger partial charge in [0.1, 0.15) is 10.7 Å². The maximum Gasteiger partial charge on any atom is 0.242 e. The van der Waals surface area contributed by atoms with Gasteiger partial charge in [0.05, 0.1) is 18.2 Å². The monoisotopic (exact) mass is 311 g/mol. The Kier molecular flexibility index (Phi) is 6.67. The Balaban J connectivity index is 2.52. The number of rotatable bonds is 8. The van der Waals surface area contributed by atoms with Gasteiger partial charge in [0.2, 0.25) is 10.0 Å². The summed E-state index contributed by atoms with van der Waals surface area (Å²) in [6.07, 6.45) is 0.456. The van der Waals surface area contributed by atoms with Crippen molar-refractivity contribution in [3.8, 4) is 0 Å². The van der Waals surface area contributed by atoms with E-state index in [1.165, 1.54) is 0 Å². The van der Waals surface area contributed by atoms with E-state index in [1.807, 2.05) is 0 Å². The van der Waals surface area contributed by atoms with Gasteiger partial charge in [-0.15, -0.1) is 0 Å². The molecule has 0 amide bonds. The summed E-state index contributed by atoms with van der Waals surface area (Å²) in [4.78, 5) is -0.160. The normalized spacial score (nSPS) is 11.7. The van der Waals surface area contributed by atoms with E-state index >= 15 is 0 Å². The van der Waals surface area contributed by atoms with Crippen LogP contribution in [-0.4, -0.2) is 39.9 Å². The lowest BCUT2D eigenvalue weighted by atomic mass is 10.3. The molecule has 5 nitrogen and oxygen atoms in total. The van der Waals surface area contributed by atoms with Crippen LogP contribution in [0.15, 0.2) is 23.1 Å². The molecule has 19 heavy (non-hydrogen) atoms. The maximum absolute atomic E-state index is 12.8. The zero-order chi connectivity index (χ0) is 14.3. The molecule has 0 aliphatic carbocycles. The van der Waals surface area contributed by atoms with Gasteiger partial charge in [0, 0.05) is 13.2 Å². The Morgan fingerprint density at radius 2 is 2.11 bits per heavy atom. The fourth-order valence-electron chi connectivity index (χ4n) is 1.32. The van der Waals surface area contributed by atoms with Gasteiger partial charge < -0.3 is 9.84 Å². The van der Waals surface area contributed by atoms with Crippen molar-refractivity contribution in [3.05, 3.63) is 29.0 Å². The van der Waals surface area contributed by atoms with Crippen molar-refractivity contribution < 1.29 is 22.7 Å². The molecule has 0 aromatic heterocycles. The zero-order valence-corrected chi connectivity index (χ0v) is 11.7. The predicted molar refractivity (Wildman–Crippen MR) is 69.1 cm³/mol. The van der Waals surface area contributed by atoms with Crippen molar-refractivity contribution >= 4 is 21.6 Å². The SMILES string of the molecule is O=S(=O)(NCCCOCCO)c1ccc(F)cc1Cl. The molecular formula is C11H15ClFNO4S. The highest BCUT2D eigenvalue weighted by Crippen LogP contribution is 2.21. The van der Waals surface area contributed by atoms with Crippen molar-refractivity contribution in [2.24, 2.45) is 0 Å². The third-order valence-electron chi connectivity index (χ3n) is 2.18. The lowest BCUT2D eigenvalue weighted by Crippen LogP contribution is -2.26. The van der Waals surface area contributed by atoms with Crippen molar-refractivity contribution in [2.75, 3.05) is 26.4 Å². The molecule has 108 valence electrons. The van der Waals surface area contributed by atoms with Crippen LogP contribution in [0.5, 0.6) is 0 Å². The van der Waals surface area contributed by atoms with E-state index in [-0.39, 0.29) is 29.7 Å². The van der Waals surface area contributed by atoms with Gasteiger partial charge in [-0.1, -0.05) is 11.6 Å². The standard InChI is InChI=1S/C11H15ClFNO4S/c12-10-8-9(13)2-3-11(10)19(16,17)14-4-1-6-18-7-5-15/h2-3,8,14-15H,1,4-7H2. The molecule has 0 spiro atoms. The molecule has 0 radical (unpaired) electrons. The topological polar surface area (TPSA) is 75.6 Å². The van der Waals surface area contributed by atoms with E-state index in [1.54, 1.807) is 0 Å². The van der Waals surface area contributed by atoms with Gasteiger partial charge in [-0.25, -0.2) is 17.5 Å². The van der Waals surface area contributed by atoms with Crippen LogP contribution in [0.4, 0.5) is 4.39 Å². The average Bonchev–Trinajstić information content (AvgIpc) is 2.33. The number of halogens is 2. The Hall–Kier alpha value is -0.730. The fourth-order valence-corrected chi connectivity index (χ4v) is 2.92. The quantitative estimate of drug-likeness (QED) is 0.706. The highest BCUT2D eigenvalue weighted by molar-refractivity contribution is 7.89. The lowest BCUT2D eigenvalue weighted by molar-refractivity contribution is 0.0913. The van der Waals surface area contributed by atoms with E-state index in [0.29, 0.717) is 13.0 Å². The summed E-state index contributed by atoms with van der Waals surface area (Å²) in [7, 11) is -3.75. The summed E-state index contributed by atoms with van der Waals surface area (Å²) in [5.41, 5.74) is 0. The Morgan fingerprint density at radius 1 is 1.37 bits per heavy atom. The number of hydrogen-bond donors (Lipinski definition) is 2. The van der Waals surface area contributed by atoms with Crippen LogP contribution in [0.2, 0.25) is 5.02 Å². The Bertz CT molecular complexity index is 509. The number of hydrogen-bond acceptors (Lipinski definition) is 4. The second-order valence-corrected chi connectivity index (χ2v) is 5.80. The molecule has 2 N–H and O–H groups in total. The van der Waals surface area contributed by atoms with Crippen molar-refractivity contribution in [3.63, 3.8) is 0 Å². The molecule has 0 saturated carbocycles. The summed E-state index contributed by atoms with van der Waals surface area (Å²) in [6, 6.07) is 3.09. The Morgan fingerprint density at radius 3 is 2.74 bits per heavy atom. The van der Waals surface area contributed by atoms with Gasteiger partial charge in [-0.2, -0.15) is 0 Å². The minimum Gasteiger partial charge on any atom is -0.394 e. The van der Waals surface area contributed by atoms with Gasteiger partial charge in [-0.3, -0.25) is 0 Å².